The maximum absolute atomic E-state index is 9.13. The molecule has 0 saturated carbocycles. The van der Waals surface area contributed by atoms with E-state index in [0.717, 1.165) is 37.4 Å². The van der Waals surface area contributed by atoms with Crippen LogP contribution in [0.1, 0.15) is 19.4 Å². The number of para-hydroxylation sites is 1. The van der Waals surface area contributed by atoms with Crippen molar-refractivity contribution in [2.24, 2.45) is 0 Å². The topological polar surface area (TPSA) is 30.3 Å². The predicted octanol–water partition coefficient (Wildman–Crippen LogP) is 2.09. The highest BCUT2D eigenvalue weighted by molar-refractivity contribution is 5.59. The van der Waals surface area contributed by atoms with Gasteiger partial charge in [-0.05, 0) is 25.6 Å². The standard InChI is InChI=1S/C14H19N3/c1-3-16-8-9-17(11-12(16)2)14-7-5-4-6-13(14)10-15/h4-7,12H,3,8-9,11H2,1-2H3. The van der Waals surface area contributed by atoms with Crippen LogP contribution in [0.4, 0.5) is 5.69 Å². The van der Waals surface area contributed by atoms with Gasteiger partial charge in [0.2, 0.25) is 0 Å². The number of benzene rings is 1. The number of piperazine rings is 1. The molecular weight excluding hydrogens is 210 g/mol. The average molecular weight is 229 g/mol. The van der Waals surface area contributed by atoms with Crippen molar-refractivity contribution in [3.63, 3.8) is 0 Å². The molecule has 1 fully saturated rings. The van der Waals surface area contributed by atoms with Crippen molar-refractivity contribution in [3.8, 4) is 6.07 Å². The summed E-state index contributed by atoms with van der Waals surface area (Å²) in [6.45, 7) is 8.66. The van der Waals surface area contributed by atoms with Gasteiger partial charge >= 0.3 is 0 Å². The van der Waals surface area contributed by atoms with E-state index in [0.29, 0.717) is 6.04 Å². The lowest BCUT2D eigenvalue weighted by atomic mass is 10.1. The molecule has 1 heterocycles. The second-order valence-corrected chi connectivity index (χ2v) is 4.55. The maximum atomic E-state index is 9.13. The summed E-state index contributed by atoms with van der Waals surface area (Å²) in [5, 5.41) is 9.13. The van der Waals surface area contributed by atoms with Crippen LogP contribution in [0, 0.1) is 11.3 Å². The van der Waals surface area contributed by atoms with Crippen LogP contribution in [0.15, 0.2) is 24.3 Å². The lowest BCUT2D eigenvalue weighted by Gasteiger charge is -2.40. The Morgan fingerprint density at radius 3 is 2.76 bits per heavy atom. The van der Waals surface area contributed by atoms with Crippen LogP contribution in [0.5, 0.6) is 0 Å². The number of likely N-dealkylation sites (N-methyl/N-ethyl adjacent to an activating group) is 1. The molecule has 1 aromatic carbocycles. The molecule has 0 N–H and O–H groups in total. The zero-order chi connectivity index (χ0) is 12.3. The fourth-order valence-electron chi connectivity index (χ4n) is 2.53. The first-order valence-electron chi connectivity index (χ1n) is 6.24. The van der Waals surface area contributed by atoms with Crippen LogP contribution < -0.4 is 4.90 Å². The quantitative estimate of drug-likeness (QED) is 0.778. The smallest absolute Gasteiger partial charge is 0.101 e. The van der Waals surface area contributed by atoms with E-state index >= 15 is 0 Å². The van der Waals surface area contributed by atoms with E-state index in [1.165, 1.54) is 0 Å². The molecule has 1 aromatic rings. The molecular formula is C14H19N3. The Labute approximate surface area is 103 Å². The van der Waals surface area contributed by atoms with E-state index in [-0.39, 0.29) is 0 Å². The molecule has 90 valence electrons. The molecule has 0 aromatic heterocycles. The van der Waals surface area contributed by atoms with Gasteiger partial charge in [0.15, 0.2) is 0 Å². The van der Waals surface area contributed by atoms with Crippen molar-refractivity contribution in [2.45, 2.75) is 19.9 Å². The zero-order valence-electron chi connectivity index (χ0n) is 10.6. The summed E-state index contributed by atoms with van der Waals surface area (Å²) >= 11 is 0. The van der Waals surface area contributed by atoms with Gasteiger partial charge in [-0.1, -0.05) is 19.1 Å². The normalized spacial score (nSPS) is 21.2. The van der Waals surface area contributed by atoms with Crippen molar-refractivity contribution < 1.29 is 0 Å². The van der Waals surface area contributed by atoms with E-state index in [4.69, 9.17) is 5.26 Å². The molecule has 3 heteroatoms. The molecule has 17 heavy (non-hydrogen) atoms. The van der Waals surface area contributed by atoms with Crippen LogP contribution in [-0.4, -0.2) is 37.1 Å². The van der Waals surface area contributed by atoms with E-state index in [9.17, 15) is 0 Å². The molecule has 1 aliphatic heterocycles. The van der Waals surface area contributed by atoms with Gasteiger partial charge in [-0.15, -0.1) is 0 Å². The summed E-state index contributed by atoms with van der Waals surface area (Å²) in [4.78, 5) is 4.81. The Bertz CT molecular complexity index is 422. The van der Waals surface area contributed by atoms with E-state index in [1.54, 1.807) is 0 Å². The minimum Gasteiger partial charge on any atom is -0.368 e. The van der Waals surface area contributed by atoms with Crippen LogP contribution >= 0.6 is 0 Å². The molecule has 0 spiro atoms. The zero-order valence-corrected chi connectivity index (χ0v) is 10.6. The number of nitrogens with zero attached hydrogens (tertiary/aromatic N) is 3. The Morgan fingerprint density at radius 1 is 1.35 bits per heavy atom. The van der Waals surface area contributed by atoms with Crippen molar-refractivity contribution in [1.29, 1.82) is 5.26 Å². The molecule has 1 unspecified atom stereocenters. The van der Waals surface area contributed by atoms with Gasteiger partial charge in [0.25, 0.3) is 0 Å². The highest BCUT2D eigenvalue weighted by Crippen LogP contribution is 2.22. The van der Waals surface area contributed by atoms with Crippen molar-refractivity contribution >= 4 is 5.69 Å². The monoisotopic (exact) mass is 229 g/mol. The Hall–Kier alpha value is -1.53. The molecule has 0 bridgehead atoms. The third-order valence-corrected chi connectivity index (χ3v) is 3.54. The van der Waals surface area contributed by atoms with Gasteiger partial charge < -0.3 is 4.90 Å². The Balaban J connectivity index is 2.17. The van der Waals surface area contributed by atoms with Crippen LogP contribution in [-0.2, 0) is 0 Å². The number of rotatable bonds is 2. The number of nitriles is 1. The van der Waals surface area contributed by atoms with Gasteiger partial charge in [-0.25, -0.2) is 0 Å². The molecule has 3 nitrogen and oxygen atoms in total. The second-order valence-electron chi connectivity index (χ2n) is 4.55. The third-order valence-electron chi connectivity index (χ3n) is 3.54. The summed E-state index contributed by atoms with van der Waals surface area (Å²) in [6, 6.07) is 10.7. The molecule has 0 aliphatic carbocycles. The van der Waals surface area contributed by atoms with Gasteiger partial charge in [-0.3, -0.25) is 4.90 Å². The highest BCUT2D eigenvalue weighted by atomic mass is 15.3. The van der Waals surface area contributed by atoms with E-state index < -0.39 is 0 Å². The average Bonchev–Trinajstić information content (AvgIpc) is 2.38. The second kappa shape index (κ2) is 5.20. The molecule has 2 rings (SSSR count). The molecule has 1 saturated heterocycles. The van der Waals surface area contributed by atoms with E-state index in [2.05, 4.69) is 29.7 Å². The highest BCUT2D eigenvalue weighted by Gasteiger charge is 2.23. The first-order chi connectivity index (χ1) is 8.26. The molecule has 1 atom stereocenters. The first kappa shape index (κ1) is 11.9. The van der Waals surface area contributed by atoms with E-state index in [1.807, 2.05) is 24.3 Å². The molecule has 0 radical (unpaired) electrons. The Kier molecular flexibility index (Phi) is 3.65. The van der Waals surface area contributed by atoms with Crippen molar-refractivity contribution in [2.75, 3.05) is 31.1 Å². The van der Waals surface area contributed by atoms with Gasteiger partial charge in [0, 0.05) is 25.7 Å². The van der Waals surface area contributed by atoms with Crippen molar-refractivity contribution in [3.05, 3.63) is 29.8 Å². The minimum atomic E-state index is 0.556. The summed E-state index contributed by atoms with van der Waals surface area (Å²) in [5.41, 5.74) is 1.86. The fraction of sp³-hybridized carbons (Fsp3) is 0.500. The maximum Gasteiger partial charge on any atom is 0.101 e. The van der Waals surface area contributed by atoms with Gasteiger partial charge in [-0.2, -0.15) is 5.26 Å². The number of anilines is 1. The predicted molar refractivity (Wildman–Crippen MR) is 70.1 cm³/mol. The summed E-state index contributed by atoms with van der Waals surface area (Å²) in [7, 11) is 0. The lowest BCUT2D eigenvalue weighted by molar-refractivity contribution is 0.199. The largest absolute Gasteiger partial charge is 0.368 e. The van der Waals surface area contributed by atoms with Crippen molar-refractivity contribution in [1.82, 2.24) is 4.90 Å². The molecule has 0 amide bonds. The van der Waals surface area contributed by atoms with Gasteiger partial charge in [0.1, 0.15) is 6.07 Å². The first-order valence-corrected chi connectivity index (χ1v) is 6.24. The number of hydrogen-bond acceptors (Lipinski definition) is 3. The third kappa shape index (κ3) is 2.42. The summed E-state index contributed by atoms with van der Waals surface area (Å²) < 4.78 is 0. The minimum absolute atomic E-state index is 0.556. The van der Waals surface area contributed by atoms with Crippen LogP contribution in [0.2, 0.25) is 0 Å². The van der Waals surface area contributed by atoms with Crippen LogP contribution in [0.3, 0.4) is 0 Å². The number of hydrogen-bond donors (Lipinski definition) is 0. The lowest BCUT2D eigenvalue weighted by Crippen LogP contribution is -2.51. The van der Waals surface area contributed by atoms with Crippen LogP contribution in [0.25, 0.3) is 0 Å². The summed E-state index contributed by atoms with van der Waals surface area (Å²) in [6.07, 6.45) is 0. The Morgan fingerprint density at radius 2 is 2.12 bits per heavy atom. The molecule has 1 aliphatic rings. The summed E-state index contributed by atoms with van der Waals surface area (Å²) in [5.74, 6) is 0. The fourth-order valence-corrected chi connectivity index (χ4v) is 2.53. The SMILES string of the molecule is CCN1CCN(c2ccccc2C#N)CC1C. The van der Waals surface area contributed by atoms with Gasteiger partial charge in [0.05, 0.1) is 11.3 Å².